The highest BCUT2D eigenvalue weighted by atomic mass is 79.9. The minimum absolute atomic E-state index is 0. The van der Waals surface area contributed by atoms with Crippen molar-refractivity contribution in [1.82, 2.24) is 19.1 Å². The monoisotopic (exact) mass is 348 g/mol. The lowest BCUT2D eigenvalue weighted by atomic mass is 10.9. The molecule has 0 N–H and O–H groups in total. The molecule has 0 saturated heterocycles. The molecule has 0 saturated carbocycles. The molecule has 0 atom stereocenters. The van der Waals surface area contributed by atoms with Gasteiger partial charge in [-0.15, -0.1) is 34.0 Å². The molecule has 0 fully saturated rings. The van der Waals surface area contributed by atoms with Gasteiger partial charge in [0, 0.05) is 37.2 Å². The molecule has 0 radical (unpaired) electrons. The minimum atomic E-state index is 0. The van der Waals surface area contributed by atoms with Crippen molar-refractivity contribution in [3.63, 3.8) is 0 Å². The van der Waals surface area contributed by atoms with Gasteiger partial charge in [0.25, 0.3) is 0 Å². The van der Waals surface area contributed by atoms with Crippen LogP contribution in [0, 0.1) is 0 Å². The van der Waals surface area contributed by atoms with Crippen LogP contribution in [0.4, 0.5) is 0 Å². The molecule has 0 amide bonds. The van der Waals surface area contributed by atoms with Gasteiger partial charge in [0.15, 0.2) is 0 Å². The first-order chi connectivity index (χ1) is 6.86. The normalized spacial score (nSPS) is 7.50. The summed E-state index contributed by atoms with van der Waals surface area (Å²) in [6.45, 7) is 7.05. The number of rotatable bonds is 2. The first kappa shape index (κ1) is 17.3. The van der Waals surface area contributed by atoms with Crippen LogP contribution in [0.5, 0.6) is 0 Å². The van der Waals surface area contributed by atoms with Crippen molar-refractivity contribution in [1.29, 1.82) is 0 Å². The highest BCUT2D eigenvalue weighted by molar-refractivity contribution is 8.93. The number of hydrogen-bond donors (Lipinski definition) is 0. The Balaban J connectivity index is 0. The van der Waals surface area contributed by atoms with E-state index in [0.29, 0.717) is 0 Å². The van der Waals surface area contributed by atoms with E-state index in [9.17, 15) is 0 Å². The van der Waals surface area contributed by atoms with Gasteiger partial charge in [0.1, 0.15) is 0 Å². The molecule has 0 aliphatic rings. The zero-order valence-corrected chi connectivity index (χ0v) is 12.1. The molecule has 0 bridgehead atoms. The van der Waals surface area contributed by atoms with E-state index >= 15 is 0 Å². The van der Waals surface area contributed by atoms with E-state index in [2.05, 4.69) is 23.1 Å². The summed E-state index contributed by atoms with van der Waals surface area (Å²) in [6.07, 6.45) is 13.8. The van der Waals surface area contributed by atoms with Crippen LogP contribution < -0.4 is 0 Å². The fraction of sp³-hybridized carbons (Fsp3) is 0. The third-order valence-corrected chi connectivity index (χ3v) is 1.47. The van der Waals surface area contributed by atoms with Crippen LogP contribution >= 0.6 is 34.0 Å². The average molecular weight is 350 g/mol. The van der Waals surface area contributed by atoms with E-state index in [1.165, 1.54) is 0 Å². The van der Waals surface area contributed by atoms with Gasteiger partial charge in [-0.2, -0.15) is 0 Å². The van der Waals surface area contributed by atoms with Gasteiger partial charge in [0.05, 0.1) is 12.7 Å². The second-order valence-corrected chi connectivity index (χ2v) is 2.38. The molecule has 2 aromatic rings. The summed E-state index contributed by atoms with van der Waals surface area (Å²) in [5.41, 5.74) is 0. The van der Waals surface area contributed by atoms with E-state index in [0.717, 1.165) is 0 Å². The predicted octanol–water partition coefficient (Wildman–Crippen LogP) is 3.12. The summed E-state index contributed by atoms with van der Waals surface area (Å²) in [6, 6.07) is 0. The minimum Gasteiger partial charge on any atom is -0.314 e. The largest absolute Gasteiger partial charge is 0.314 e. The Morgan fingerprint density at radius 2 is 1.19 bits per heavy atom. The summed E-state index contributed by atoms with van der Waals surface area (Å²) >= 11 is 0. The van der Waals surface area contributed by atoms with Crippen LogP contribution in [-0.2, 0) is 0 Å². The predicted molar refractivity (Wildman–Crippen MR) is 77.9 cm³/mol. The highest BCUT2D eigenvalue weighted by Crippen LogP contribution is 1.81. The van der Waals surface area contributed by atoms with Crippen molar-refractivity contribution in [3.05, 3.63) is 50.6 Å². The lowest BCUT2D eigenvalue weighted by molar-refractivity contribution is 1.14. The zero-order valence-electron chi connectivity index (χ0n) is 8.64. The van der Waals surface area contributed by atoms with Crippen LogP contribution in [0.1, 0.15) is 0 Å². The number of nitrogens with zero attached hydrogens (tertiary/aromatic N) is 4. The van der Waals surface area contributed by atoms with Gasteiger partial charge in [-0.3, -0.25) is 0 Å². The molecule has 0 unspecified atom stereocenters. The Hall–Kier alpha value is -1.14. The SMILES string of the molecule is Br.Br.C=Cn1ccnc1.C=Cn1ccnc1. The number of imidazole rings is 2. The van der Waals surface area contributed by atoms with Gasteiger partial charge in [-0.05, 0) is 0 Å². The van der Waals surface area contributed by atoms with Crippen LogP contribution in [0.15, 0.2) is 50.6 Å². The van der Waals surface area contributed by atoms with Crippen molar-refractivity contribution in [3.8, 4) is 0 Å². The van der Waals surface area contributed by atoms with E-state index < -0.39 is 0 Å². The van der Waals surface area contributed by atoms with E-state index in [4.69, 9.17) is 0 Å². The highest BCUT2D eigenvalue weighted by Gasteiger charge is 1.73. The first-order valence-corrected chi connectivity index (χ1v) is 4.07. The number of halogens is 2. The molecule has 0 spiro atoms. The molecule has 0 aromatic carbocycles. The summed E-state index contributed by atoms with van der Waals surface area (Å²) in [7, 11) is 0. The second-order valence-electron chi connectivity index (χ2n) is 2.38. The molecule has 6 heteroatoms. The lowest BCUT2D eigenvalue weighted by Gasteiger charge is -1.80. The van der Waals surface area contributed by atoms with Gasteiger partial charge >= 0.3 is 0 Å². The van der Waals surface area contributed by atoms with Crippen molar-refractivity contribution in [2.75, 3.05) is 0 Å². The van der Waals surface area contributed by atoms with Gasteiger partial charge in [-0.25, -0.2) is 9.97 Å². The molecule has 0 aliphatic heterocycles. The maximum atomic E-state index is 3.78. The fourth-order valence-corrected chi connectivity index (χ4v) is 0.755. The summed E-state index contributed by atoms with van der Waals surface area (Å²) in [5, 5.41) is 0. The van der Waals surface area contributed by atoms with Crippen molar-refractivity contribution in [2.24, 2.45) is 0 Å². The van der Waals surface area contributed by atoms with Crippen molar-refractivity contribution >= 4 is 46.4 Å². The molecule has 4 nitrogen and oxygen atoms in total. The standard InChI is InChI=1S/2C5H6N2.2BrH/c2*1-2-7-4-3-6-5-7;;/h2*2-5H,1H2;2*1H. The van der Waals surface area contributed by atoms with Gasteiger partial charge in [0.2, 0.25) is 0 Å². The second kappa shape index (κ2) is 10.4. The van der Waals surface area contributed by atoms with Crippen LogP contribution in [0.25, 0.3) is 12.4 Å². The third kappa shape index (κ3) is 6.36. The first-order valence-electron chi connectivity index (χ1n) is 4.07. The molecular weight excluding hydrogens is 336 g/mol. The fourth-order valence-electron chi connectivity index (χ4n) is 0.755. The summed E-state index contributed by atoms with van der Waals surface area (Å²) in [4.78, 5) is 7.57. The zero-order chi connectivity index (χ0) is 10.2. The van der Waals surface area contributed by atoms with Crippen molar-refractivity contribution in [2.45, 2.75) is 0 Å². The third-order valence-electron chi connectivity index (χ3n) is 1.47. The van der Waals surface area contributed by atoms with Gasteiger partial charge in [-0.1, -0.05) is 13.2 Å². The Kier molecular flexibility index (Phi) is 11.2. The van der Waals surface area contributed by atoms with Crippen molar-refractivity contribution < 1.29 is 0 Å². The Morgan fingerprint density at radius 3 is 1.31 bits per heavy atom. The Morgan fingerprint density at radius 1 is 0.812 bits per heavy atom. The molecular formula is C10H14Br2N4. The molecule has 2 rings (SSSR count). The van der Waals surface area contributed by atoms with E-state index in [1.807, 2.05) is 12.4 Å². The maximum Gasteiger partial charge on any atom is 0.0986 e. The quantitative estimate of drug-likeness (QED) is 0.835. The lowest BCUT2D eigenvalue weighted by Crippen LogP contribution is -1.73. The molecule has 2 aromatic heterocycles. The molecule has 88 valence electrons. The molecule has 16 heavy (non-hydrogen) atoms. The molecule has 0 aliphatic carbocycles. The topological polar surface area (TPSA) is 35.6 Å². The van der Waals surface area contributed by atoms with Crippen LogP contribution in [0.3, 0.4) is 0 Å². The molecule has 2 heterocycles. The van der Waals surface area contributed by atoms with Crippen LogP contribution in [0.2, 0.25) is 0 Å². The number of hydrogen-bond acceptors (Lipinski definition) is 2. The van der Waals surface area contributed by atoms with Gasteiger partial charge < -0.3 is 9.13 Å². The van der Waals surface area contributed by atoms with E-state index in [1.54, 1.807) is 46.6 Å². The average Bonchev–Trinajstić information content (AvgIpc) is 2.92. The summed E-state index contributed by atoms with van der Waals surface area (Å²) < 4.78 is 3.56. The van der Waals surface area contributed by atoms with Crippen LogP contribution in [-0.4, -0.2) is 19.1 Å². The summed E-state index contributed by atoms with van der Waals surface area (Å²) in [5.74, 6) is 0. The Bertz CT molecular complexity index is 329. The van der Waals surface area contributed by atoms with E-state index in [-0.39, 0.29) is 34.0 Å². The Labute approximate surface area is 116 Å². The maximum absolute atomic E-state index is 3.78. The number of aromatic nitrogens is 4. The smallest absolute Gasteiger partial charge is 0.0986 e.